The van der Waals surface area contributed by atoms with Gasteiger partial charge >= 0.3 is 5.97 Å². The molecule has 27 heavy (non-hydrogen) atoms. The van der Waals surface area contributed by atoms with Crippen LogP contribution in [0.25, 0.3) is 5.76 Å². The van der Waals surface area contributed by atoms with Crippen molar-refractivity contribution >= 4 is 23.3 Å². The average Bonchev–Trinajstić information content (AvgIpc) is 3.20. The first-order chi connectivity index (χ1) is 13.2. The summed E-state index contributed by atoms with van der Waals surface area (Å²) in [5.74, 6) is 1.16. The lowest BCUT2D eigenvalue weighted by atomic mass is 9.77. The number of alkyl halides is 1. The predicted molar refractivity (Wildman–Crippen MR) is 103 cm³/mol. The zero-order chi connectivity index (χ0) is 18.4. The SMILES string of the molecule is O=C1OC2=C(CCc3occc32)C(N2CCCCC2)C1(Cl)c1ccccc1. The van der Waals surface area contributed by atoms with Gasteiger partial charge in [0.05, 0.1) is 17.9 Å². The predicted octanol–water partition coefficient (Wildman–Crippen LogP) is 4.48. The molecule has 3 aliphatic rings. The third-order valence-electron chi connectivity index (χ3n) is 6.05. The third kappa shape index (κ3) is 2.58. The topological polar surface area (TPSA) is 42.7 Å². The van der Waals surface area contributed by atoms with Gasteiger partial charge in [-0.3, -0.25) is 4.90 Å². The largest absolute Gasteiger partial charge is 0.469 e. The molecule has 0 radical (unpaired) electrons. The lowest BCUT2D eigenvalue weighted by molar-refractivity contribution is -0.143. The summed E-state index contributed by atoms with van der Waals surface area (Å²) in [6.07, 6.45) is 6.77. The Morgan fingerprint density at radius 3 is 2.59 bits per heavy atom. The van der Waals surface area contributed by atoms with Crippen molar-refractivity contribution in [2.75, 3.05) is 13.1 Å². The van der Waals surface area contributed by atoms with E-state index in [9.17, 15) is 4.79 Å². The molecule has 0 saturated carbocycles. The number of nitrogens with zero attached hydrogens (tertiary/aromatic N) is 1. The van der Waals surface area contributed by atoms with E-state index < -0.39 is 10.8 Å². The fourth-order valence-corrected chi connectivity index (χ4v) is 5.21. The number of halogens is 1. The fourth-order valence-electron chi connectivity index (χ4n) is 4.78. The summed E-state index contributed by atoms with van der Waals surface area (Å²) in [7, 11) is 0. The van der Waals surface area contributed by atoms with E-state index in [1.807, 2.05) is 36.4 Å². The van der Waals surface area contributed by atoms with Gasteiger partial charge in [-0.25, -0.2) is 4.79 Å². The first-order valence-electron chi connectivity index (χ1n) is 9.70. The Bertz CT molecular complexity index is 897. The van der Waals surface area contributed by atoms with Crippen molar-refractivity contribution < 1.29 is 13.9 Å². The van der Waals surface area contributed by atoms with Crippen LogP contribution in [0, 0.1) is 0 Å². The fraction of sp³-hybridized carbons (Fsp3) is 0.409. The van der Waals surface area contributed by atoms with E-state index in [1.54, 1.807) is 6.26 Å². The summed E-state index contributed by atoms with van der Waals surface area (Å²) in [6, 6.07) is 11.4. The first kappa shape index (κ1) is 17.1. The van der Waals surface area contributed by atoms with Crippen molar-refractivity contribution in [3.63, 3.8) is 0 Å². The number of hydrogen-bond donors (Lipinski definition) is 0. The van der Waals surface area contributed by atoms with Gasteiger partial charge in [-0.05, 0) is 49.6 Å². The van der Waals surface area contributed by atoms with Gasteiger partial charge in [0.25, 0.3) is 0 Å². The summed E-state index contributed by atoms with van der Waals surface area (Å²) in [6.45, 7) is 1.91. The van der Waals surface area contributed by atoms with Crippen molar-refractivity contribution in [2.24, 2.45) is 0 Å². The van der Waals surface area contributed by atoms with E-state index in [-0.39, 0.29) is 6.04 Å². The molecule has 2 unspecified atom stereocenters. The minimum atomic E-state index is -1.22. The number of fused-ring (bicyclic) bond motifs is 2. The van der Waals surface area contributed by atoms with E-state index >= 15 is 0 Å². The number of hydrogen-bond acceptors (Lipinski definition) is 4. The van der Waals surface area contributed by atoms with Crippen LogP contribution in [0.2, 0.25) is 0 Å². The summed E-state index contributed by atoms with van der Waals surface area (Å²) in [4.78, 5) is 14.5. The molecule has 5 rings (SSSR count). The molecule has 3 heterocycles. The van der Waals surface area contributed by atoms with Gasteiger partial charge in [0.2, 0.25) is 0 Å². The van der Waals surface area contributed by atoms with E-state index in [0.717, 1.165) is 61.2 Å². The molecular weight excluding hydrogens is 362 g/mol. The van der Waals surface area contributed by atoms with Crippen molar-refractivity contribution in [3.05, 3.63) is 65.1 Å². The lowest BCUT2D eigenvalue weighted by Gasteiger charge is -2.47. The number of aryl methyl sites for hydroxylation is 1. The van der Waals surface area contributed by atoms with Gasteiger partial charge in [0.1, 0.15) is 11.5 Å². The zero-order valence-electron chi connectivity index (χ0n) is 15.1. The molecule has 1 aromatic carbocycles. The second kappa shape index (κ2) is 6.54. The quantitative estimate of drug-likeness (QED) is 0.566. The molecule has 0 bridgehead atoms. The van der Waals surface area contributed by atoms with Crippen molar-refractivity contribution in [2.45, 2.75) is 43.0 Å². The van der Waals surface area contributed by atoms with E-state index in [0.29, 0.717) is 5.76 Å². The number of likely N-dealkylation sites (tertiary alicyclic amines) is 1. The van der Waals surface area contributed by atoms with Crippen molar-refractivity contribution in [3.8, 4) is 0 Å². The third-order valence-corrected chi connectivity index (χ3v) is 6.63. The average molecular weight is 384 g/mol. The Kier molecular flexibility index (Phi) is 4.14. The molecule has 2 atom stereocenters. The molecule has 1 aromatic heterocycles. The Balaban J connectivity index is 1.69. The monoisotopic (exact) mass is 383 g/mol. The molecule has 4 nitrogen and oxygen atoms in total. The van der Waals surface area contributed by atoms with Gasteiger partial charge in [-0.15, -0.1) is 0 Å². The van der Waals surface area contributed by atoms with Crippen LogP contribution in [0.3, 0.4) is 0 Å². The molecule has 0 amide bonds. The number of esters is 1. The summed E-state index contributed by atoms with van der Waals surface area (Å²) in [5.41, 5.74) is 2.83. The van der Waals surface area contributed by atoms with Gasteiger partial charge in [0, 0.05) is 6.42 Å². The van der Waals surface area contributed by atoms with Crippen LogP contribution in [-0.4, -0.2) is 30.0 Å². The Hall–Kier alpha value is -2.04. The molecule has 2 aliphatic heterocycles. The van der Waals surface area contributed by atoms with Crippen LogP contribution in [0.1, 0.15) is 42.6 Å². The second-order valence-electron chi connectivity index (χ2n) is 7.58. The number of rotatable bonds is 2. The molecule has 1 saturated heterocycles. The minimum Gasteiger partial charge on any atom is -0.469 e. The molecule has 1 fully saturated rings. The molecular formula is C22H22ClNO3. The molecule has 0 spiro atoms. The first-order valence-corrected chi connectivity index (χ1v) is 10.1. The highest BCUT2D eigenvalue weighted by molar-refractivity contribution is 6.35. The number of carbonyl (C=O) groups is 1. The van der Waals surface area contributed by atoms with Crippen molar-refractivity contribution in [1.29, 1.82) is 0 Å². The standard InChI is InChI=1S/C22H22ClNO3/c23-22(15-7-3-1-4-8-15)20(24-12-5-2-6-13-24)17-9-10-18-16(11-14-26-18)19(17)27-21(22)25/h1,3-4,7-8,11,14,20H,2,5-6,9-10,12-13H2. The number of carbonyl (C=O) groups excluding carboxylic acids is 1. The van der Waals surface area contributed by atoms with Gasteiger partial charge in [0.15, 0.2) is 4.87 Å². The second-order valence-corrected chi connectivity index (χ2v) is 8.17. The van der Waals surface area contributed by atoms with E-state index in [1.165, 1.54) is 6.42 Å². The van der Waals surface area contributed by atoms with Gasteiger partial charge < -0.3 is 9.15 Å². The maximum absolute atomic E-state index is 13.3. The number of ether oxygens (including phenoxy) is 1. The number of piperidine rings is 1. The maximum Gasteiger partial charge on any atom is 0.339 e. The van der Waals surface area contributed by atoms with E-state index in [2.05, 4.69) is 4.90 Å². The van der Waals surface area contributed by atoms with Gasteiger partial charge in [-0.2, -0.15) is 0 Å². The highest BCUT2D eigenvalue weighted by Crippen LogP contribution is 2.50. The van der Waals surface area contributed by atoms with Crippen LogP contribution in [0.15, 0.2) is 52.7 Å². The highest BCUT2D eigenvalue weighted by Gasteiger charge is 2.56. The van der Waals surface area contributed by atoms with Gasteiger partial charge in [-0.1, -0.05) is 48.4 Å². The molecule has 5 heteroatoms. The smallest absolute Gasteiger partial charge is 0.339 e. The van der Waals surface area contributed by atoms with Crippen LogP contribution in [0.5, 0.6) is 0 Å². The summed E-state index contributed by atoms with van der Waals surface area (Å²) >= 11 is 7.20. The van der Waals surface area contributed by atoms with Crippen molar-refractivity contribution in [1.82, 2.24) is 4.90 Å². The van der Waals surface area contributed by atoms with Crippen LogP contribution < -0.4 is 0 Å². The summed E-state index contributed by atoms with van der Waals surface area (Å²) < 4.78 is 11.5. The van der Waals surface area contributed by atoms with Crippen LogP contribution in [0.4, 0.5) is 0 Å². The lowest BCUT2D eigenvalue weighted by Crippen LogP contribution is -2.57. The van der Waals surface area contributed by atoms with E-state index in [4.69, 9.17) is 20.8 Å². The minimum absolute atomic E-state index is 0.193. The normalized spacial score (nSPS) is 28.5. The maximum atomic E-state index is 13.3. The Morgan fingerprint density at radius 1 is 1.04 bits per heavy atom. The Morgan fingerprint density at radius 2 is 1.81 bits per heavy atom. The highest BCUT2D eigenvalue weighted by atomic mass is 35.5. The van der Waals surface area contributed by atoms with Crippen LogP contribution >= 0.6 is 11.6 Å². The molecule has 2 aromatic rings. The summed E-state index contributed by atoms with van der Waals surface area (Å²) in [5, 5.41) is 0. The number of benzene rings is 1. The van der Waals surface area contributed by atoms with Crippen LogP contribution in [-0.2, 0) is 20.8 Å². The number of furan rings is 1. The molecule has 140 valence electrons. The zero-order valence-corrected chi connectivity index (χ0v) is 15.9. The molecule has 0 N–H and O–H groups in total. The molecule has 1 aliphatic carbocycles. The Labute approximate surface area is 163 Å².